The van der Waals surface area contributed by atoms with Gasteiger partial charge in [-0.05, 0) is 55.3 Å². The molecule has 0 bridgehead atoms. The Hall–Kier alpha value is -1.18. The van der Waals surface area contributed by atoms with E-state index in [0.717, 1.165) is 38.4 Å². The fraction of sp³-hybridized carbons (Fsp3) is 0.450. The van der Waals surface area contributed by atoms with E-state index < -0.39 is 0 Å². The minimum atomic E-state index is 0.191. The molecule has 1 aromatic carbocycles. The maximum absolute atomic E-state index is 6.06. The van der Waals surface area contributed by atoms with Crippen LogP contribution in [0, 0.1) is 0 Å². The molecule has 0 saturated carbocycles. The van der Waals surface area contributed by atoms with Crippen molar-refractivity contribution < 1.29 is 0 Å². The van der Waals surface area contributed by atoms with Crippen LogP contribution < -0.4 is 10.6 Å². The summed E-state index contributed by atoms with van der Waals surface area (Å²) < 4.78 is 0. The Morgan fingerprint density at radius 1 is 1.22 bits per heavy atom. The SMILES string of the molecule is CCN1CCN(C(c2cccs2)C(C)NC(=S)Nc2cccc(Cl)c2)CC1. The number of piperazine rings is 1. The molecule has 1 aliphatic rings. The van der Waals surface area contributed by atoms with Gasteiger partial charge in [-0.1, -0.05) is 30.7 Å². The van der Waals surface area contributed by atoms with E-state index in [2.05, 4.69) is 51.8 Å². The van der Waals surface area contributed by atoms with E-state index in [-0.39, 0.29) is 6.04 Å². The molecule has 0 aliphatic carbocycles. The van der Waals surface area contributed by atoms with Crippen molar-refractivity contribution in [2.45, 2.75) is 25.9 Å². The second-order valence-electron chi connectivity index (χ2n) is 6.83. The highest BCUT2D eigenvalue weighted by molar-refractivity contribution is 7.80. The monoisotopic (exact) mass is 422 g/mol. The van der Waals surface area contributed by atoms with Crippen molar-refractivity contribution in [3.63, 3.8) is 0 Å². The summed E-state index contributed by atoms with van der Waals surface area (Å²) in [6.45, 7) is 9.97. The highest BCUT2D eigenvalue weighted by Gasteiger charge is 2.30. The molecule has 27 heavy (non-hydrogen) atoms. The van der Waals surface area contributed by atoms with Crippen molar-refractivity contribution in [3.05, 3.63) is 51.7 Å². The Morgan fingerprint density at radius 3 is 2.63 bits per heavy atom. The van der Waals surface area contributed by atoms with Crippen LogP contribution in [-0.2, 0) is 0 Å². The lowest BCUT2D eigenvalue weighted by atomic mass is 10.1. The molecule has 0 spiro atoms. The number of nitrogens with one attached hydrogen (secondary N) is 2. The third-order valence-corrected chi connectivity index (χ3v) is 6.40. The molecule has 2 unspecified atom stereocenters. The lowest BCUT2D eigenvalue weighted by Gasteiger charge is -2.41. The molecule has 4 nitrogen and oxygen atoms in total. The number of rotatable bonds is 6. The molecule has 1 aromatic heterocycles. The van der Waals surface area contributed by atoms with Gasteiger partial charge in [0, 0.05) is 47.8 Å². The average Bonchev–Trinajstić information content (AvgIpc) is 3.16. The van der Waals surface area contributed by atoms with Gasteiger partial charge in [-0.15, -0.1) is 11.3 Å². The van der Waals surface area contributed by atoms with Gasteiger partial charge in [0.1, 0.15) is 0 Å². The van der Waals surface area contributed by atoms with Gasteiger partial charge in [0.25, 0.3) is 0 Å². The maximum Gasteiger partial charge on any atom is 0.171 e. The number of nitrogens with zero attached hydrogens (tertiary/aromatic N) is 2. The number of likely N-dealkylation sites (N-methyl/N-ethyl adjacent to an activating group) is 1. The van der Waals surface area contributed by atoms with Crippen molar-refractivity contribution in [1.82, 2.24) is 15.1 Å². The third kappa shape index (κ3) is 5.65. The van der Waals surface area contributed by atoms with Crippen molar-refractivity contribution in [2.24, 2.45) is 0 Å². The number of halogens is 1. The number of hydrogen-bond acceptors (Lipinski definition) is 4. The summed E-state index contributed by atoms with van der Waals surface area (Å²) >= 11 is 13.4. The first-order chi connectivity index (χ1) is 13.1. The van der Waals surface area contributed by atoms with Gasteiger partial charge < -0.3 is 15.5 Å². The Morgan fingerprint density at radius 2 is 2.00 bits per heavy atom. The molecule has 2 aromatic rings. The highest BCUT2D eigenvalue weighted by Crippen LogP contribution is 2.29. The van der Waals surface area contributed by atoms with Crippen LogP contribution in [0.2, 0.25) is 5.02 Å². The lowest BCUT2D eigenvalue weighted by Crippen LogP contribution is -2.52. The predicted molar refractivity (Wildman–Crippen MR) is 121 cm³/mol. The van der Waals surface area contributed by atoms with E-state index >= 15 is 0 Å². The molecule has 0 radical (unpaired) electrons. The van der Waals surface area contributed by atoms with Crippen LogP contribution in [0.15, 0.2) is 41.8 Å². The maximum atomic E-state index is 6.06. The zero-order chi connectivity index (χ0) is 19.2. The van der Waals surface area contributed by atoms with E-state index in [1.54, 1.807) is 0 Å². The fourth-order valence-electron chi connectivity index (χ4n) is 3.58. The second kappa shape index (κ2) is 9.85. The van der Waals surface area contributed by atoms with Gasteiger partial charge >= 0.3 is 0 Å². The number of thiocarbonyl (C=S) groups is 1. The number of thiophene rings is 1. The Balaban J connectivity index is 1.66. The Labute approximate surface area is 176 Å². The summed E-state index contributed by atoms with van der Waals surface area (Å²) in [6, 6.07) is 12.5. The zero-order valence-electron chi connectivity index (χ0n) is 15.8. The van der Waals surface area contributed by atoms with Gasteiger partial charge in [0.2, 0.25) is 0 Å². The first-order valence-corrected chi connectivity index (χ1v) is 11.1. The first kappa shape index (κ1) is 20.6. The number of hydrogen-bond donors (Lipinski definition) is 2. The van der Waals surface area contributed by atoms with Crippen LogP contribution in [0.1, 0.15) is 24.8 Å². The van der Waals surface area contributed by atoms with E-state index in [1.807, 2.05) is 35.6 Å². The van der Waals surface area contributed by atoms with Crippen LogP contribution in [0.3, 0.4) is 0 Å². The molecule has 1 saturated heterocycles. The van der Waals surface area contributed by atoms with Crippen molar-refractivity contribution >= 4 is 46.0 Å². The molecule has 146 valence electrons. The second-order valence-corrected chi connectivity index (χ2v) is 8.65. The third-order valence-electron chi connectivity index (χ3n) is 5.00. The van der Waals surface area contributed by atoms with Crippen LogP contribution in [0.5, 0.6) is 0 Å². The molecule has 7 heteroatoms. The van der Waals surface area contributed by atoms with Gasteiger partial charge in [-0.2, -0.15) is 0 Å². The molecule has 0 amide bonds. The standard InChI is InChI=1S/C20H27ClN4S2/c1-3-24-9-11-25(12-10-24)19(18-8-5-13-27-18)15(2)22-20(26)23-17-7-4-6-16(21)14-17/h4-8,13-15,19H,3,9-12H2,1-2H3,(H2,22,23,26). The molecule has 1 aliphatic heterocycles. The van der Waals surface area contributed by atoms with Crippen LogP contribution in [-0.4, -0.2) is 53.7 Å². The first-order valence-electron chi connectivity index (χ1n) is 9.39. The molecule has 3 rings (SSSR count). The summed E-state index contributed by atoms with van der Waals surface area (Å²) in [5.41, 5.74) is 0.899. The van der Waals surface area contributed by atoms with Crippen molar-refractivity contribution in [2.75, 3.05) is 38.0 Å². The molecular weight excluding hydrogens is 396 g/mol. The highest BCUT2D eigenvalue weighted by atomic mass is 35.5. The Kier molecular flexibility index (Phi) is 7.49. The minimum absolute atomic E-state index is 0.191. The van der Waals surface area contributed by atoms with Gasteiger partial charge in [0.05, 0.1) is 6.04 Å². The largest absolute Gasteiger partial charge is 0.358 e. The molecule has 2 atom stereocenters. The van der Waals surface area contributed by atoms with Crippen LogP contribution >= 0.6 is 35.2 Å². The van der Waals surface area contributed by atoms with E-state index in [0.29, 0.717) is 16.2 Å². The minimum Gasteiger partial charge on any atom is -0.358 e. The normalized spacial score (nSPS) is 18.0. The topological polar surface area (TPSA) is 30.5 Å². The zero-order valence-corrected chi connectivity index (χ0v) is 18.2. The molecular formula is C20H27ClN4S2. The van der Waals surface area contributed by atoms with E-state index in [1.165, 1.54) is 4.88 Å². The van der Waals surface area contributed by atoms with E-state index in [9.17, 15) is 0 Å². The quantitative estimate of drug-likeness (QED) is 0.671. The fourth-order valence-corrected chi connectivity index (χ4v) is 5.04. The van der Waals surface area contributed by atoms with Crippen LogP contribution in [0.25, 0.3) is 0 Å². The summed E-state index contributed by atoms with van der Waals surface area (Å²) in [5.74, 6) is 0. The number of anilines is 1. The van der Waals surface area contributed by atoms with Gasteiger partial charge in [-0.3, -0.25) is 4.90 Å². The number of benzene rings is 1. The van der Waals surface area contributed by atoms with Gasteiger partial charge in [0.15, 0.2) is 5.11 Å². The smallest absolute Gasteiger partial charge is 0.171 e. The molecule has 1 fully saturated rings. The van der Waals surface area contributed by atoms with Crippen molar-refractivity contribution in [3.8, 4) is 0 Å². The average molecular weight is 423 g/mol. The predicted octanol–water partition coefficient (Wildman–Crippen LogP) is 4.46. The summed E-state index contributed by atoms with van der Waals surface area (Å²) in [5, 5.41) is 10.2. The van der Waals surface area contributed by atoms with Crippen molar-refractivity contribution in [1.29, 1.82) is 0 Å². The van der Waals surface area contributed by atoms with E-state index in [4.69, 9.17) is 23.8 Å². The summed E-state index contributed by atoms with van der Waals surface area (Å²) in [6.07, 6.45) is 0. The summed E-state index contributed by atoms with van der Waals surface area (Å²) in [4.78, 5) is 6.47. The van der Waals surface area contributed by atoms with Gasteiger partial charge in [-0.25, -0.2) is 0 Å². The summed E-state index contributed by atoms with van der Waals surface area (Å²) in [7, 11) is 0. The Bertz CT molecular complexity index is 729. The van der Waals surface area contributed by atoms with Crippen LogP contribution in [0.4, 0.5) is 5.69 Å². The molecule has 2 heterocycles. The lowest BCUT2D eigenvalue weighted by molar-refractivity contribution is 0.0883. The molecule has 2 N–H and O–H groups in total.